The van der Waals surface area contributed by atoms with Crippen LogP contribution in [0.1, 0.15) is 0 Å². The van der Waals surface area contributed by atoms with Crippen molar-refractivity contribution < 1.29 is 9.84 Å². The third kappa shape index (κ3) is 5.08. The Bertz CT molecular complexity index is 66.5. The molecule has 0 fully saturated rings. The first-order chi connectivity index (χ1) is 3.41. The van der Waals surface area contributed by atoms with Crippen molar-refractivity contribution in [1.82, 2.24) is 0 Å². The average Bonchev–Trinajstić information content (AvgIpc) is 1.69. The molecule has 0 spiro atoms. The quantitative estimate of drug-likeness (QED) is 0.426. The molecule has 1 N–H and O–H groups in total. The molecule has 2 heteroatoms. The van der Waals surface area contributed by atoms with Crippen LogP contribution in [0.15, 0.2) is 25.2 Å². The van der Waals surface area contributed by atoms with Gasteiger partial charge in [0.1, 0.15) is 6.61 Å². The summed E-state index contributed by atoms with van der Waals surface area (Å²) in [5.74, 6) is 0. The molecule has 0 aromatic rings. The molecule has 0 bridgehead atoms. The van der Waals surface area contributed by atoms with E-state index in [4.69, 9.17) is 5.11 Å². The van der Waals surface area contributed by atoms with Gasteiger partial charge in [-0.25, -0.2) is 0 Å². The molecule has 0 amide bonds. The minimum atomic E-state index is 0.389. The van der Waals surface area contributed by atoms with Crippen LogP contribution in [0.5, 0.6) is 0 Å². The van der Waals surface area contributed by atoms with Crippen molar-refractivity contribution in [3.8, 4) is 0 Å². The van der Waals surface area contributed by atoms with Gasteiger partial charge in [0.2, 0.25) is 0 Å². The molecule has 0 aromatic heterocycles. The summed E-state index contributed by atoms with van der Waals surface area (Å²) in [6.45, 7) is 3.68. The summed E-state index contributed by atoms with van der Waals surface area (Å²) in [4.78, 5) is 0. The van der Waals surface area contributed by atoms with Crippen molar-refractivity contribution in [2.75, 3.05) is 6.61 Å². The van der Waals surface area contributed by atoms with Gasteiger partial charge >= 0.3 is 0 Å². The van der Waals surface area contributed by atoms with Gasteiger partial charge in [0.25, 0.3) is 0 Å². The molecule has 0 aliphatic carbocycles. The van der Waals surface area contributed by atoms with E-state index in [9.17, 15) is 0 Å². The Morgan fingerprint density at radius 2 is 2.43 bits per heavy atom. The van der Waals surface area contributed by atoms with Crippen LogP contribution in [-0.4, -0.2) is 11.7 Å². The van der Waals surface area contributed by atoms with Gasteiger partial charge in [0, 0.05) is 0 Å². The number of ether oxygens (including phenoxy) is 1. The van der Waals surface area contributed by atoms with Crippen molar-refractivity contribution in [2.24, 2.45) is 0 Å². The largest absolute Gasteiger partial charge is 0.516 e. The van der Waals surface area contributed by atoms with E-state index in [1.54, 1.807) is 0 Å². The summed E-state index contributed by atoms with van der Waals surface area (Å²) in [5, 5.41) is 8.00. The van der Waals surface area contributed by atoms with Crippen LogP contribution in [-0.2, 0) is 4.74 Å². The van der Waals surface area contributed by atoms with Gasteiger partial charge in [0.15, 0.2) is 0 Å². The first kappa shape index (κ1) is 6.08. The average molecular weight is 100 g/mol. The molecule has 0 aliphatic heterocycles. The second kappa shape index (κ2) is 5.08. The minimum absolute atomic E-state index is 0.389. The van der Waals surface area contributed by atoms with Crippen molar-refractivity contribution in [1.29, 1.82) is 0 Å². The third-order valence-electron chi connectivity index (χ3n) is 0.416. The van der Waals surface area contributed by atoms with E-state index in [1.165, 1.54) is 12.3 Å². The lowest BCUT2D eigenvalue weighted by molar-refractivity contribution is 0.287. The lowest BCUT2D eigenvalue weighted by Crippen LogP contribution is -1.77. The number of hydrogen-bond donors (Lipinski definition) is 1. The lowest BCUT2D eigenvalue weighted by atomic mass is 10.7. The first-order valence-corrected chi connectivity index (χ1v) is 1.93. The Hall–Kier alpha value is -0.920. The smallest absolute Gasteiger partial charge is 0.109 e. The fourth-order valence-corrected chi connectivity index (χ4v) is 0.167. The van der Waals surface area contributed by atoms with Crippen LogP contribution in [0.2, 0.25) is 0 Å². The molecular formula is C5H8O2. The Morgan fingerprint density at radius 1 is 1.71 bits per heavy atom. The highest BCUT2D eigenvalue weighted by Gasteiger charge is 1.66. The SMILES string of the molecule is C=COCC=CO. The number of rotatable bonds is 3. The van der Waals surface area contributed by atoms with Crippen LogP contribution in [0, 0.1) is 0 Å². The van der Waals surface area contributed by atoms with E-state index < -0.39 is 0 Å². The van der Waals surface area contributed by atoms with Gasteiger partial charge in [-0.1, -0.05) is 6.58 Å². The summed E-state index contributed by atoms with van der Waals surface area (Å²) in [5.41, 5.74) is 0. The highest BCUT2D eigenvalue weighted by Crippen LogP contribution is 1.72. The third-order valence-corrected chi connectivity index (χ3v) is 0.416. The normalized spacial score (nSPS) is 9.14. The first-order valence-electron chi connectivity index (χ1n) is 1.93. The van der Waals surface area contributed by atoms with Crippen molar-refractivity contribution in [3.63, 3.8) is 0 Å². The summed E-state index contributed by atoms with van der Waals surface area (Å²) in [7, 11) is 0. The molecular weight excluding hydrogens is 92.1 g/mol. The van der Waals surface area contributed by atoms with Gasteiger partial charge in [0.05, 0.1) is 12.5 Å². The lowest BCUT2D eigenvalue weighted by Gasteiger charge is -1.87. The molecule has 0 saturated heterocycles. The second-order valence-electron chi connectivity index (χ2n) is 0.885. The van der Waals surface area contributed by atoms with Crippen LogP contribution in [0.4, 0.5) is 0 Å². The number of aliphatic hydroxyl groups excluding tert-OH is 1. The Balaban J connectivity index is 2.82. The Kier molecular flexibility index (Phi) is 4.41. The number of aliphatic hydroxyl groups is 1. The molecule has 0 rings (SSSR count). The van der Waals surface area contributed by atoms with Crippen LogP contribution in [0.3, 0.4) is 0 Å². The molecule has 2 nitrogen and oxygen atoms in total. The second-order valence-corrected chi connectivity index (χ2v) is 0.885. The monoisotopic (exact) mass is 100 g/mol. The van der Waals surface area contributed by atoms with E-state index in [2.05, 4.69) is 11.3 Å². The molecule has 0 radical (unpaired) electrons. The maximum Gasteiger partial charge on any atom is 0.109 e. The zero-order valence-electron chi connectivity index (χ0n) is 4.00. The molecule has 0 unspecified atom stereocenters. The molecule has 0 atom stereocenters. The van der Waals surface area contributed by atoms with Gasteiger partial charge < -0.3 is 9.84 Å². The van der Waals surface area contributed by atoms with E-state index in [-0.39, 0.29) is 0 Å². The van der Waals surface area contributed by atoms with E-state index in [0.29, 0.717) is 6.61 Å². The Morgan fingerprint density at radius 3 is 2.86 bits per heavy atom. The fourth-order valence-electron chi connectivity index (χ4n) is 0.167. The summed E-state index contributed by atoms with van der Waals surface area (Å²) in [6.07, 6.45) is 3.73. The van der Waals surface area contributed by atoms with Gasteiger partial charge in [-0.3, -0.25) is 0 Å². The predicted octanol–water partition coefficient (Wildman–Crippen LogP) is 1.22. The molecule has 0 aromatic carbocycles. The van der Waals surface area contributed by atoms with Crippen LogP contribution < -0.4 is 0 Å². The zero-order valence-corrected chi connectivity index (χ0v) is 4.00. The number of hydrogen-bond acceptors (Lipinski definition) is 2. The standard InChI is InChI=1S/C5H8O2/c1-2-7-5-3-4-6/h2-4,6H,1,5H2. The maximum atomic E-state index is 8.00. The summed E-state index contributed by atoms with van der Waals surface area (Å²) in [6, 6.07) is 0. The molecule has 0 heterocycles. The highest BCUT2D eigenvalue weighted by atomic mass is 16.5. The summed E-state index contributed by atoms with van der Waals surface area (Å²) < 4.78 is 4.59. The summed E-state index contributed by atoms with van der Waals surface area (Å²) >= 11 is 0. The maximum absolute atomic E-state index is 8.00. The van der Waals surface area contributed by atoms with Crippen molar-refractivity contribution in [3.05, 3.63) is 25.2 Å². The fraction of sp³-hybridized carbons (Fsp3) is 0.200. The highest BCUT2D eigenvalue weighted by molar-refractivity contribution is 4.71. The zero-order chi connectivity index (χ0) is 5.54. The van der Waals surface area contributed by atoms with Gasteiger partial charge in [-0.15, -0.1) is 0 Å². The molecule has 0 saturated carbocycles. The van der Waals surface area contributed by atoms with Crippen molar-refractivity contribution >= 4 is 0 Å². The molecule has 0 aliphatic rings. The minimum Gasteiger partial charge on any atom is -0.516 e. The molecule has 7 heavy (non-hydrogen) atoms. The van der Waals surface area contributed by atoms with E-state index >= 15 is 0 Å². The van der Waals surface area contributed by atoms with Gasteiger partial charge in [-0.05, 0) is 6.08 Å². The van der Waals surface area contributed by atoms with E-state index in [0.717, 1.165) is 6.26 Å². The van der Waals surface area contributed by atoms with Gasteiger partial charge in [-0.2, -0.15) is 0 Å². The van der Waals surface area contributed by atoms with E-state index in [1.807, 2.05) is 0 Å². The molecule has 40 valence electrons. The van der Waals surface area contributed by atoms with Crippen LogP contribution >= 0.6 is 0 Å². The van der Waals surface area contributed by atoms with Crippen molar-refractivity contribution in [2.45, 2.75) is 0 Å². The van der Waals surface area contributed by atoms with Crippen LogP contribution in [0.25, 0.3) is 0 Å². The Labute approximate surface area is 42.7 Å². The predicted molar refractivity (Wildman–Crippen MR) is 27.9 cm³/mol. The topological polar surface area (TPSA) is 29.5 Å².